The number of amides is 2. The third kappa shape index (κ3) is 3.47. The van der Waals surface area contributed by atoms with Gasteiger partial charge in [0.15, 0.2) is 0 Å². The molecule has 3 aliphatic rings. The van der Waals surface area contributed by atoms with Gasteiger partial charge in [0.2, 0.25) is 11.8 Å². The maximum Gasteiger partial charge on any atom is 0.353 e. The van der Waals surface area contributed by atoms with E-state index in [0.29, 0.717) is 17.2 Å². The normalized spacial score (nSPS) is 27.4. The Hall–Kier alpha value is -2.31. The van der Waals surface area contributed by atoms with E-state index in [1.807, 2.05) is 6.92 Å². The van der Waals surface area contributed by atoms with Crippen molar-refractivity contribution in [3.05, 3.63) is 10.6 Å². The first-order chi connectivity index (χ1) is 12.9. The third-order valence-electron chi connectivity index (χ3n) is 4.86. The van der Waals surface area contributed by atoms with Crippen LogP contribution in [0.2, 0.25) is 0 Å². The van der Waals surface area contributed by atoms with Crippen molar-refractivity contribution in [2.75, 3.05) is 18.8 Å². The van der Waals surface area contributed by atoms with Gasteiger partial charge in [-0.15, -0.1) is 17.3 Å². The Morgan fingerprint density at radius 3 is 2.85 bits per heavy atom. The van der Waals surface area contributed by atoms with Gasteiger partial charge in [-0.2, -0.15) is 5.10 Å². The molecule has 3 aliphatic heterocycles. The molecular formula is C15H23N7O4S. The predicted octanol–water partition coefficient (Wildman–Crippen LogP) is -1.78. The number of rotatable bonds is 8. The minimum absolute atomic E-state index is 0.0297. The Labute approximate surface area is 160 Å². The number of carboxylic acid groups (broad SMARTS) is 1. The Morgan fingerprint density at radius 2 is 2.26 bits per heavy atom. The van der Waals surface area contributed by atoms with Crippen molar-refractivity contribution in [3.63, 3.8) is 0 Å². The fraction of sp³-hybridized carbons (Fsp3) is 0.600. The number of β-lactam (4-membered cyclic amide) rings is 1. The molecular weight excluding hydrogens is 374 g/mol. The average molecular weight is 397 g/mol. The molecule has 0 radical (unpaired) electrons. The van der Waals surface area contributed by atoms with Gasteiger partial charge >= 0.3 is 5.97 Å². The van der Waals surface area contributed by atoms with Crippen LogP contribution in [0.3, 0.4) is 0 Å². The van der Waals surface area contributed by atoms with E-state index >= 15 is 0 Å². The van der Waals surface area contributed by atoms with Gasteiger partial charge in [-0.1, -0.05) is 6.92 Å². The van der Waals surface area contributed by atoms with Crippen LogP contribution in [0.1, 0.15) is 13.8 Å². The first-order valence-corrected chi connectivity index (χ1v) is 9.58. The third-order valence-corrected chi connectivity index (χ3v) is 6.18. The fourth-order valence-corrected chi connectivity index (χ4v) is 4.81. The zero-order chi connectivity index (χ0) is 19.7. The second-order valence-electron chi connectivity index (χ2n) is 6.62. The van der Waals surface area contributed by atoms with Crippen LogP contribution < -0.4 is 22.1 Å². The van der Waals surface area contributed by atoms with Crippen LogP contribution in [0.4, 0.5) is 0 Å². The fourth-order valence-electron chi connectivity index (χ4n) is 3.75. The molecule has 12 heteroatoms. The zero-order valence-corrected chi connectivity index (χ0v) is 15.8. The summed E-state index contributed by atoms with van der Waals surface area (Å²) in [7, 11) is 0. The van der Waals surface area contributed by atoms with E-state index in [2.05, 4.69) is 21.5 Å². The van der Waals surface area contributed by atoms with Crippen LogP contribution in [0, 0.1) is 11.8 Å². The summed E-state index contributed by atoms with van der Waals surface area (Å²) in [6, 6.07) is -0.692. The number of hydrazone groups is 1. The average Bonchev–Trinajstić information content (AvgIpc) is 3.18. The summed E-state index contributed by atoms with van der Waals surface area (Å²) in [6.45, 7) is 4.13. The lowest BCUT2D eigenvalue weighted by atomic mass is 9.78. The van der Waals surface area contributed by atoms with E-state index in [0.717, 1.165) is 0 Å². The van der Waals surface area contributed by atoms with E-state index in [9.17, 15) is 19.5 Å². The number of nitrogens with zero attached hydrogens (tertiary/aromatic N) is 3. The molecule has 0 spiro atoms. The summed E-state index contributed by atoms with van der Waals surface area (Å²) in [5.41, 5.74) is 10.7. The van der Waals surface area contributed by atoms with Crippen LogP contribution >= 0.6 is 11.8 Å². The largest absolute Gasteiger partial charge is 0.477 e. The standard InChI is InChI=1S/C15H23N7O4S/c1-7-11-10(8(2)18-9(23)5-21-6-17-19-20-21)14(24)22(11)12(15(25)26)13(7)27-4-3-16/h6-8,10-11,19-20H,3-5,16H2,1-2H3,(H,18,23)(H,25,26)/t7-,8-,10-,11-/m1/s1. The number of carboxylic acids is 1. The van der Waals surface area contributed by atoms with E-state index in [1.165, 1.54) is 28.0 Å². The maximum absolute atomic E-state index is 12.7. The topological polar surface area (TPSA) is 152 Å². The molecule has 1 fully saturated rings. The molecule has 6 N–H and O–H groups in total. The van der Waals surface area contributed by atoms with Gasteiger partial charge in [0, 0.05) is 29.2 Å². The number of hydrogen-bond donors (Lipinski definition) is 5. The van der Waals surface area contributed by atoms with Crippen LogP contribution in [0.15, 0.2) is 15.7 Å². The molecule has 11 nitrogen and oxygen atoms in total. The second kappa shape index (κ2) is 7.74. The zero-order valence-electron chi connectivity index (χ0n) is 15.0. The summed E-state index contributed by atoms with van der Waals surface area (Å²) in [5, 5.41) is 17.6. The van der Waals surface area contributed by atoms with Gasteiger partial charge in [0.25, 0.3) is 0 Å². The number of carbonyl (C=O) groups is 3. The Bertz CT molecular complexity index is 712. The van der Waals surface area contributed by atoms with Crippen LogP contribution in [0.25, 0.3) is 0 Å². The highest BCUT2D eigenvalue weighted by Crippen LogP contribution is 2.50. The lowest BCUT2D eigenvalue weighted by Gasteiger charge is -2.47. The molecule has 3 rings (SSSR count). The van der Waals surface area contributed by atoms with Gasteiger partial charge in [0.05, 0.1) is 12.0 Å². The van der Waals surface area contributed by atoms with E-state index in [4.69, 9.17) is 5.73 Å². The monoisotopic (exact) mass is 397 g/mol. The summed E-state index contributed by atoms with van der Waals surface area (Å²) in [4.78, 5) is 38.6. The SMILES string of the molecule is C[C@@H](NC(=O)CN1C=NNN1)[C@H]1C(=O)N2C(C(=O)O)=C(SCCN)[C@H](C)[C@H]12. The van der Waals surface area contributed by atoms with Crippen molar-refractivity contribution in [3.8, 4) is 0 Å². The van der Waals surface area contributed by atoms with E-state index in [-0.39, 0.29) is 36.0 Å². The predicted molar refractivity (Wildman–Crippen MR) is 98.5 cm³/mol. The summed E-state index contributed by atoms with van der Waals surface area (Å²) >= 11 is 1.38. The molecule has 2 amide bonds. The van der Waals surface area contributed by atoms with Crippen molar-refractivity contribution >= 4 is 35.9 Å². The Morgan fingerprint density at radius 1 is 1.52 bits per heavy atom. The first kappa shape index (κ1) is 19.5. The molecule has 1 saturated heterocycles. The highest BCUT2D eigenvalue weighted by atomic mass is 32.2. The molecule has 0 unspecified atom stereocenters. The Kier molecular flexibility index (Phi) is 5.58. The second-order valence-corrected chi connectivity index (χ2v) is 7.76. The van der Waals surface area contributed by atoms with Crippen molar-refractivity contribution in [1.82, 2.24) is 26.3 Å². The van der Waals surface area contributed by atoms with E-state index in [1.54, 1.807) is 6.92 Å². The molecule has 0 aromatic heterocycles. The molecule has 0 saturated carbocycles. The molecule has 3 heterocycles. The molecule has 4 atom stereocenters. The first-order valence-electron chi connectivity index (χ1n) is 8.60. The number of hydrogen-bond acceptors (Lipinski definition) is 9. The number of aliphatic carboxylic acids is 1. The number of nitrogens with two attached hydrogens (primary N) is 1. The maximum atomic E-state index is 12.7. The van der Waals surface area contributed by atoms with Crippen LogP contribution in [-0.2, 0) is 14.4 Å². The van der Waals surface area contributed by atoms with Crippen LogP contribution in [-0.4, -0.2) is 70.1 Å². The molecule has 0 bridgehead atoms. The van der Waals surface area contributed by atoms with Crippen molar-refractivity contribution in [2.24, 2.45) is 22.7 Å². The van der Waals surface area contributed by atoms with Gasteiger partial charge < -0.3 is 21.1 Å². The molecule has 0 aromatic carbocycles. The van der Waals surface area contributed by atoms with Gasteiger partial charge in [-0.05, 0) is 6.92 Å². The summed E-state index contributed by atoms with van der Waals surface area (Å²) in [5.74, 6) is -1.66. The lowest BCUT2D eigenvalue weighted by molar-refractivity contribution is -0.158. The van der Waals surface area contributed by atoms with Crippen LogP contribution in [0.5, 0.6) is 0 Å². The lowest BCUT2D eigenvalue weighted by Crippen LogP contribution is -2.66. The molecule has 0 aliphatic carbocycles. The number of fused-ring (bicyclic) bond motifs is 1. The van der Waals surface area contributed by atoms with E-state index < -0.39 is 17.9 Å². The number of hydrazine groups is 2. The summed E-state index contributed by atoms with van der Waals surface area (Å²) < 4.78 is 0. The number of carbonyl (C=O) groups excluding carboxylic acids is 2. The molecule has 0 aromatic rings. The highest BCUT2D eigenvalue weighted by Gasteiger charge is 2.60. The minimum Gasteiger partial charge on any atom is -0.477 e. The summed E-state index contributed by atoms with van der Waals surface area (Å²) in [6.07, 6.45) is 1.43. The number of nitrogens with one attached hydrogen (secondary N) is 3. The Balaban J connectivity index is 1.67. The number of thioether (sulfide) groups is 1. The molecule has 27 heavy (non-hydrogen) atoms. The van der Waals surface area contributed by atoms with Crippen molar-refractivity contribution in [2.45, 2.75) is 25.9 Å². The highest BCUT2D eigenvalue weighted by molar-refractivity contribution is 8.03. The van der Waals surface area contributed by atoms with Gasteiger partial charge in [-0.3, -0.25) is 14.6 Å². The smallest absolute Gasteiger partial charge is 0.353 e. The quantitative estimate of drug-likeness (QED) is 0.299. The van der Waals surface area contributed by atoms with Gasteiger partial charge in [-0.25, -0.2) is 10.3 Å². The van der Waals surface area contributed by atoms with Gasteiger partial charge in [0.1, 0.15) is 18.6 Å². The van der Waals surface area contributed by atoms with Crippen molar-refractivity contribution < 1.29 is 19.5 Å². The molecule has 148 valence electrons. The minimum atomic E-state index is -1.11. The van der Waals surface area contributed by atoms with Crippen molar-refractivity contribution in [1.29, 1.82) is 0 Å².